The lowest BCUT2D eigenvalue weighted by atomic mass is 10.2. The van der Waals surface area contributed by atoms with Crippen molar-refractivity contribution in [3.8, 4) is 5.75 Å². The van der Waals surface area contributed by atoms with Gasteiger partial charge in [-0.25, -0.2) is 0 Å². The summed E-state index contributed by atoms with van der Waals surface area (Å²) in [5.41, 5.74) is 0.0322. The van der Waals surface area contributed by atoms with Crippen LogP contribution in [-0.4, -0.2) is 17.3 Å². The summed E-state index contributed by atoms with van der Waals surface area (Å²) in [7, 11) is 0. The van der Waals surface area contributed by atoms with Crippen LogP contribution in [-0.2, 0) is 0 Å². The fraction of sp³-hybridized carbons (Fsp3) is 0.455. The van der Waals surface area contributed by atoms with E-state index in [0.29, 0.717) is 16.8 Å². The molecule has 0 saturated heterocycles. The number of nitro benzene ring substituents is 1. The van der Waals surface area contributed by atoms with Crippen LogP contribution in [0.15, 0.2) is 22.7 Å². The molecule has 94 valence electrons. The number of hydrogen-bond acceptors (Lipinski definition) is 4. The van der Waals surface area contributed by atoms with Gasteiger partial charge in [0.1, 0.15) is 5.75 Å². The van der Waals surface area contributed by atoms with E-state index in [2.05, 4.69) is 28.6 Å². The van der Waals surface area contributed by atoms with Crippen LogP contribution in [0.25, 0.3) is 0 Å². The molecule has 0 aliphatic carbocycles. The zero-order valence-corrected chi connectivity index (χ0v) is 11.7. The van der Waals surface area contributed by atoms with E-state index in [1.54, 1.807) is 6.07 Å². The quantitative estimate of drug-likeness (QED) is 0.359. The monoisotopic (exact) mass is 319 g/mol. The number of ether oxygens (including phenoxy) is 1. The highest BCUT2D eigenvalue weighted by atomic mass is 79.9. The Hall–Kier alpha value is -0.750. The number of non-ortho nitro benzene ring substituents is 1. The van der Waals surface area contributed by atoms with Gasteiger partial charge in [-0.15, -0.1) is 0 Å². The molecule has 0 spiro atoms. The Labute approximate surface area is 114 Å². The first-order valence-electron chi connectivity index (χ1n) is 5.32. The van der Waals surface area contributed by atoms with Crippen molar-refractivity contribution in [1.29, 1.82) is 0 Å². The molecule has 6 heteroatoms. The van der Waals surface area contributed by atoms with Gasteiger partial charge in [0.15, 0.2) is 0 Å². The molecule has 4 nitrogen and oxygen atoms in total. The van der Waals surface area contributed by atoms with Gasteiger partial charge >= 0.3 is 0 Å². The molecule has 0 saturated carbocycles. The van der Waals surface area contributed by atoms with Crippen LogP contribution in [0.2, 0.25) is 0 Å². The van der Waals surface area contributed by atoms with Crippen molar-refractivity contribution in [2.24, 2.45) is 0 Å². The molecule has 0 amide bonds. The summed E-state index contributed by atoms with van der Waals surface area (Å²) in [5, 5.41) is 10.6. The third-order valence-corrected chi connectivity index (χ3v) is 2.91. The first-order chi connectivity index (χ1) is 8.13. The van der Waals surface area contributed by atoms with E-state index in [1.165, 1.54) is 12.1 Å². The van der Waals surface area contributed by atoms with Crippen molar-refractivity contribution in [3.63, 3.8) is 0 Å². The normalized spacial score (nSPS) is 10.2. The average molecular weight is 320 g/mol. The molecule has 0 aliphatic heterocycles. The first kappa shape index (κ1) is 14.3. The Kier molecular flexibility index (Phi) is 6.36. The van der Waals surface area contributed by atoms with Crippen molar-refractivity contribution in [3.05, 3.63) is 32.8 Å². The molecule has 0 unspecified atom stereocenters. The average Bonchev–Trinajstić information content (AvgIpc) is 2.28. The third-order valence-electron chi connectivity index (χ3n) is 2.14. The van der Waals surface area contributed by atoms with Crippen LogP contribution >= 0.6 is 28.6 Å². The van der Waals surface area contributed by atoms with Gasteiger partial charge in [-0.3, -0.25) is 10.1 Å². The maximum atomic E-state index is 10.6. The number of unbranched alkanes of at least 4 members (excludes halogenated alkanes) is 2. The van der Waals surface area contributed by atoms with Gasteiger partial charge in [0, 0.05) is 10.5 Å². The minimum absolute atomic E-state index is 0.0322. The van der Waals surface area contributed by atoms with Crippen molar-refractivity contribution in [1.82, 2.24) is 0 Å². The van der Waals surface area contributed by atoms with Gasteiger partial charge in [-0.2, -0.15) is 12.6 Å². The predicted molar refractivity (Wildman–Crippen MR) is 74.0 cm³/mol. The molecule has 1 rings (SSSR count). The molecule has 0 N–H and O–H groups in total. The fourth-order valence-electron chi connectivity index (χ4n) is 1.32. The summed E-state index contributed by atoms with van der Waals surface area (Å²) >= 11 is 7.34. The van der Waals surface area contributed by atoms with Gasteiger partial charge in [-0.05, 0) is 31.1 Å². The van der Waals surface area contributed by atoms with E-state index in [4.69, 9.17) is 4.74 Å². The summed E-state index contributed by atoms with van der Waals surface area (Å²) in [6.07, 6.45) is 3.05. The second-order valence-corrected chi connectivity index (χ2v) is 4.90. The van der Waals surface area contributed by atoms with Crippen molar-refractivity contribution in [2.45, 2.75) is 19.3 Å². The largest absolute Gasteiger partial charge is 0.493 e. The minimum atomic E-state index is -0.432. The second-order valence-electron chi connectivity index (χ2n) is 3.53. The van der Waals surface area contributed by atoms with Crippen LogP contribution in [0.3, 0.4) is 0 Å². The molecule has 0 heterocycles. The number of halogens is 1. The summed E-state index contributed by atoms with van der Waals surface area (Å²) in [4.78, 5) is 10.2. The number of nitrogens with zero attached hydrogens (tertiary/aromatic N) is 1. The zero-order chi connectivity index (χ0) is 12.7. The lowest BCUT2D eigenvalue weighted by molar-refractivity contribution is -0.385. The summed E-state index contributed by atoms with van der Waals surface area (Å²) < 4.78 is 6.11. The van der Waals surface area contributed by atoms with Crippen molar-refractivity contribution >= 4 is 34.2 Å². The van der Waals surface area contributed by atoms with E-state index in [-0.39, 0.29) is 5.69 Å². The maximum Gasteiger partial charge on any atom is 0.274 e. The van der Waals surface area contributed by atoms with E-state index < -0.39 is 4.92 Å². The summed E-state index contributed by atoms with van der Waals surface area (Å²) in [6, 6.07) is 4.61. The van der Waals surface area contributed by atoms with Gasteiger partial charge < -0.3 is 4.74 Å². The highest BCUT2D eigenvalue weighted by molar-refractivity contribution is 9.10. The highest BCUT2D eigenvalue weighted by Gasteiger charge is 2.09. The van der Waals surface area contributed by atoms with Crippen molar-refractivity contribution in [2.75, 3.05) is 12.4 Å². The molecule has 0 aromatic heterocycles. The van der Waals surface area contributed by atoms with Crippen LogP contribution in [0.4, 0.5) is 5.69 Å². The van der Waals surface area contributed by atoms with Crippen LogP contribution in [0.5, 0.6) is 5.75 Å². The maximum absolute atomic E-state index is 10.6. The zero-order valence-electron chi connectivity index (χ0n) is 9.26. The highest BCUT2D eigenvalue weighted by Crippen LogP contribution is 2.26. The molecule has 0 fully saturated rings. The number of rotatable bonds is 7. The molecule has 0 aliphatic rings. The van der Waals surface area contributed by atoms with Crippen LogP contribution in [0, 0.1) is 10.1 Å². The fourth-order valence-corrected chi connectivity index (χ4v) is 2.00. The lowest BCUT2D eigenvalue weighted by Crippen LogP contribution is -1.98. The second kappa shape index (κ2) is 7.55. The van der Waals surface area contributed by atoms with E-state index in [0.717, 1.165) is 25.0 Å². The van der Waals surface area contributed by atoms with E-state index in [1.807, 2.05) is 0 Å². The number of nitro groups is 1. The lowest BCUT2D eigenvalue weighted by Gasteiger charge is -2.06. The molecular weight excluding hydrogens is 306 g/mol. The Balaban J connectivity index is 2.50. The van der Waals surface area contributed by atoms with Gasteiger partial charge in [0.25, 0.3) is 5.69 Å². The van der Waals surface area contributed by atoms with Gasteiger partial charge in [-0.1, -0.05) is 15.9 Å². The SMILES string of the molecule is O=[N+]([O-])c1cc(Br)cc(OCCCCCS)c1. The van der Waals surface area contributed by atoms with Crippen LogP contribution in [0.1, 0.15) is 19.3 Å². The molecule has 0 radical (unpaired) electrons. The number of thiol groups is 1. The Morgan fingerprint density at radius 3 is 2.71 bits per heavy atom. The topological polar surface area (TPSA) is 52.4 Å². The summed E-state index contributed by atoms with van der Waals surface area (Å²) in [6.45, 7) is 0.571. The Bertz CT molecular complexity index is 387. The molecule has 17 heavy (non-hydrogen) atoms. The molecular formula is C11H14BrNO3S. The first-order valence-corrected chi connectivity index (χ1v) is 6.74. The van der Waals surface area contributed by atoms with E-state index in [9.17, 15) is 10.1 Å². The summed E-state index contributed by atoms with van der Waals surface area (Å²) in [5.74, 6) is 1.40. The van der Waals surface area contributed by atoms with Crippen molar-refractivity contribution < 1.29 is 9.66 Å². The Morgan fingerprint density at radius 1 is 1.29 bits per heavy atom. The van der Waals surface area contributed by atoms with E-state index >= 15 is 0 Å². The molecule has 1 aromatic rings. The predicted octanol–water partition coefficient (Wildman–Crippen LogP) is 3.84. The third kappa shape index (κ3) is 5.41. The molecule has 1 aromatic carbocycles. The van der Waals surface area contributed by atoms with Gasteiger partial charge in [0.2, 0.25) is 0 Å². The van der Waals surface area contributed by atoms with Gasteiger partial charge in [0.05, 0.1) is 17.6 Å². The smallest absolute Gasteiger partial charge is 0.274 e. The standard InChI is InChI=1S/C11H14BrNO3S/c12-9-6-10(13(14)15)8-11(7-9)16-4-2-1-3-5-17/h6-8,17H,1-5H2. The Morgan fingerprint density at radius 2 is 2.06 bits per heavy atom. The number of hydrogen-bond donors (Lipinski definition) is 1. The number of benzene rings is 1. The van der Waals surface area contributed by atoms with Crippen LogP contribution < -0.4 is 4.74 Å². The minimum Gasteiger partial charge on any atom is -0.493 e. The molecule has 0 atom stereocenters. The molecule has 0 bridgehead atoms.